The number of nitrogens with two attached hydrogens (primary N) is 1. The predicted molar refractivity (Wildman–Crippen MR) is 63.8 cm³/mol. The predicted octanol–water partition coefficient (Wildman–Crippen LogP) is 3.43. The summed E-state index contributed by atoms with van der Waals surface area (Å²) in [6.07, 6.45) is 1.65. The van der Waals surface area contributed by atoms with E-state index in [9.17, 15) is 4.39 Å². The maximum atomic E-state index is 13.7. The van der Waals surface area contributed by atoms with E-state index in [4.69, 9.17) is 17.3 Å². The summed E-state index contributed by atoms with van der Waals surface area (Å²) in [6, 6.07) is 6.29. The third-order valence-corrected chi connectivity index (χ3v) is 2.51. The molecule has 16 heavy (non-hydrogen) atoms. The van der Waals surface area contributed by atoms with E-state index in [1.165, 1.54) is 6.07 Å². The largest absolute Gasteiger partial charge is 0.383 e. The van der Waals surface area contributed by atoms with Gasteiger partial charge in [-0.15, -0.1) is 0 Å². The van der Waals surface area contributed by atoms with Gasteiger partial charge < -0.3 is 5.73 Å². The molecule has 0 bridgehead atoms. The molecule has 0 saturated carbocycles. The number of rotatable bonds is 1. The van der Waals surface area contributed by atoms with E-state index in [0.29, 0.717) is 22.0 Å². The molecule has 0 fully saturated rings. The van der Waals surface area contributed by atoms with E-state index in [-0.39, 0.29) is 0 Å². The van der Waals surface area contributed by atoms with E-state index in [1.54, 1.807) is 24.4 Å². The highest BCUT2D eigenvalue weighted by molar-refractivity contribution is 6.30. The lowest BCUT2D eigenvalue weighted by Crippen LogP contribution is -1.96. The fourth-order valence-corrected chi connectivity index (χ4v) is 1.66. The van der Waals surface area contributed by atoms with Crippen molar-refractivity contribution in [3.05, 3.63) is 46.9 Å². The summed E-state index contributed by atoms with van der Waals surface area (Å²) in [4.78, 5) is 4.00. The Kier molecular flexibility index (Phi) is 2.79. The van der Waals surface area contributed by atoms with Gasteiger partial charge in [-0.25, -0.2) is 9.37 Å². The van der Waals surface area contributed by atoms with Crippen LogP contribution in [0.4, 0.5) is 10.2 Å². The molecule has 0 saturated heterocycles. The van der Waals surface area contributed by atoms with Gasteiger partial charge in [0.2, 0.25) is 0 Å². The second-order valence-electron chi connectivity index (χ2n) is 3.57. The van der Waals surface area contributed by atoms with Crippen LogP contribution in [0.1, 0.15) is 5.56 Å². The van der Waals surface area contributed by atoms with Crippen molar-refractivity contribution in [2.45, 2.75) is 6.92 Å². The van der Waals surface area contributed by atoms with Crippen LogP contribution in [0, 0.1) is 12.7 Å². The molecule has 0 amide bonds. The summed E-state index contributed by atoms with van der Waals surface area (Å²) in [5.41, 5.74) is 7.65. The molecule has 0 aliphatic rings. The molecule has 0 radical (unpaired) electrons. The molecular formula is C12H10ClFN2. The lowest BCUT2D eigenvalue weighted by atomic mass is 10.0. The van der Waals surface area contributed by atoms with E-state index in [0.717, 1.165) is 5.56 Å². The summed E-state index contributed by atoms with van der Waals surface area (Å²) in [6.45, 7) is 1.88. The summed E-state index contributed by atoms with van der Waals surface area (Å²) >= 11 is 5.69. The Morgan fingerprint density at radius 2 is 2.00 bits per heavy atom. The van der Waals surface area contributed by atoms with E-state index in [1.807, 2.05) is 6.92 Å². The van der Waals surface area contributed by atoms with E-state index in [2.05, 4.69) is 4.98 Å². The zero-order valence-corrected chi connectivity index (χ0v) is 9.42. The average Bonchev–Trinajstić information content (AvgIpc) is 2.22. The molecule has 2 rings (SSSR count). The minimum Gasteiger partial charge on any atom is -0.383 e. The van der Waals surface area contributed by atoms with Gasteiger partial charge in [-0.05, 0) is 36.8 Å². The maximum Gasteiger partial charge on any atom is 0.132 e. The van der Waals surface area contributed by atoms with Crippen LogP contribution in [0.25, 0.3) is 11.1 Å². The lowest BCUT2D eigenvalue weighted by Gasteiger charge is -2.07. The third kappa shape index (κ3) is 1.99. The number of nitrogens with zero attached hydrogens (tertiary/aromatic N) is 1. The Bertz CT molecular complexity index is 541. The quantitative estimate of drug-likeness (QED) is 0.824. The molecule has 82 valence electrons. The van der Waals surface area contributed by atoms with Crippen LogP contribution in [-0.4, -0.2) is 4.98 Å². The molecule has 0 atom stereocenters. The molecule has 1 aromatic carbocycles. The molecule has 0 unspecified atom stereocenters. The molecule has 0 aliphatic carbocycles. The third-order valence-electron chi connectivity index (χ3n) is 2.28. The van der Waals surface area contributed by atoms with Gasteiger partial charge in [-0.2, -0.15) is 0 Å². The van der Waals surface area contributed by atoms with Gasteiger partial charge in [0.25, 0.3) is 0 Å². The van der Waals surface area contributed by atoms with Crippen LogP contribution in [0.15, 0.2) is 30.5 Å². The fraction of sp³-hybridized carbons (Fsp3) is 0.0833. The first kappa shape index (κ1) is 10.9. The minimum atomic E-state index is -0.397. The van der Waals surface area contributed by atoms with Crippen molar-refractivity contribution in [2.75, 3.05) is 5.73 Å². The Hall–Kier alpha value is -1.61. The first-order valence-electron chi connectivity index (χ1n) is 4.75. The Morgan fingerprint density at radius 1 is 1.25 bits per heavy atom. The molecule has 1 aromatic heterocycles. The van der Waals surface area contributed by atoms with Crippen molar-refractivity contribution in [1.29, 1.82) is 0 Å². The van der Waals surface area contributed by atoms with Gasteiger partial charge in [0.15, 0.2) is 0 Å². The molecule has 4 heteroatoms. The van der Waals surface area contributed by atoms with Crippen LogP contribution < -0.4 is 5.73 Å². The number of hydrogen-bond acceptors (Lipinski definition) is 2. The number of benzene rings is 1. The number of aryl methyl sites for hydroxylation is 1. The topological polar surface area (TPSA) is 38.9 Å². The van der Waals surface area contributed by atoms with Crippen LogP contribution in [-0.2, 0) is 0 Å². The Balaban J connectivity index is 2.62. The van der Waals surface area contributed by atoms with Crippen LogP contribution >= 0.6 is 11.6 Å². The molecule has 0 spiro atoms. The van der Waals surface area contributed by atoms with E-state index >= 15 is 0 Å². The summed E-state index contributed by atoms with van der Waals surface area (Å²) < 4.78 is 13.7. The number of pyridine rings is 1. The minimum absolute atomic E-state index is 0.312. The highest BCUT2D eigenvalue weighted by Gasteiger charge is 2.09. The van der Waals surface area contributed by atoms with Gasteiger partial charge in [0, 0.05) is 22.3 Å². The zero-order chi connectivity index (χ0) is 11.7. The standard InChI is InChI=1S/C12H10ClFN2/c1-7-4-10(12(15)16-6-7)9-3-2-8(13)5-11(9)14/h2-6H,1H3,(H2,15,16). The van der Waals surface area contributed by atoms with Crippen LogP contribution in [0.3, 0.4) is 0 Å². The second kappa shape index (κ2) is 4.10. The number of anilines is 1. The van der Waals surface area contributed by atoms with Crippen molar-refractivity contribution in [2.24, 2.45) is 0 Å². The zero-order valence-electron chi connectivity index (χ0n) is 8.67. The average molecular weight is 237 g/mol. The number of nitrogen functional groups attached to an aromatic ring is 1. The van der Waals surface area contributed by atoms with Gasteiger partial charge in [0.1, 0.15) is 11.6 Å². The Labute approximate surface area is 97.9 Å². The Morgan fingerprint density at radius 3 is 2.69 bits per heavy atom. The van der Waals surface area contributed by atoms with Crippen molar-refractivity contribution < 1.29 is 4.39 Å². The molecule has 2 nitrogen and oxygen atoms in total. The molecule has 0 aliphatic heterocycles. The number of aromatic nitrogens is 1. The smallest absolute Gasteiger partial charge is 0.132 e. The normalized spacial score (nSPS) is 10.4. The van der Waals surface area contributed by atoms with Crippen molar-refractivity contribution in [1.82, 2.24) is 4.98 Å². The lowest BCUT2D eigenvalue weighted by molar-refractivity contribution is 0.631. The van der Waals surface area contributed by atoms with Gasteiger partial charge in [0.05, 0.1) is 0 Å². The highest BCUT2D eigenvalue weighted by Crippen LogP contribution is 2.29. The van der Waals surface area contributed by atoms with Crippen molar-refractivity contribution >= 4 is 17.4 Å². The fourth-order valence-electron chi connectivity index (χ4n) is 1.50. The van der Waals surface area contributed by atoms with Crippen molar-refractivity contribution in [3.8, 4) is 11.1 Å². The molecular weight excluding hydrogens is 227 g/mol. The number of hydrogen-bond donors (Lipinski definition) is 1. The summed E-state index contributed by atoms with van der Waals surface area (Å²) in [5.74, 6) is -0.0848. The number of halogens is 2. The van der Waals surface area contributed by atoms with Gasteiger partial charge in [-0.1, -0.05) is 11.6 Å². The second-order valence-corrected chi connectivity index (χ2v) is 4.01. The summed E-state index contributed by atoms with van der Waals surface area (Å²) in [5, 5.41) is 0.362. The first-order chi connectivity index (χ1) is 7.58. The van der Waals surface area contributed by atoms with E-state index < -0.39 is 5.82 Å². The van der Waals surface area contributed by atoms with Crippen LogP contribution in [0.5, 0.6) is 0 Å². The summed E-state index contributed by atoms with van der Waals surface area (Å²) in [7, 11) is 0. The maximum absolute atomic E-state index is 13.7. The highest BCUT2D eigenvalue weighted by atomic mass is 35.5. The van der Waals surface area contributed by atoms with Crippen LogP contribution in [0.2, 0.25) is 5.02 Å². The molecule has 2 N–H and O–H groups in total. The van der Waals surface area contributed by atoms with Gasteiger partial charge >= 0.3 is 0 Å². The SMILES string of the molecule is Cc1cnc(N)c(-c2ccc(Cl)cc2F)c1. The van der Waals surface area contributed by atoms with Gasteiger partial charge in [-0.3, -0.25) is 0 Å². The monoisotopic (exact) mass is 236 g/mol. The first-order valence-corrected chi connectivity index (χ1v) is 5.13. The van der Waals surface area contributed by atoms with Crippen molar-refractivity contribution in [3.63, 3.8) is 0 Å². The molecule has 2 aromatic rings. The molecule has 1 heterocycles.